The van der Waals surface area contributed by atoms with Gasteiger partial charge in [0.05, 0.1) is 16.0 Å². The van der Waals surface area contributed by atoms with E-state index < -0.39 is 11.5 Å². The number of hydrogen-bond donors (Lipinski definition) is 3. The van der Waals surface area contributed by atoms with Crippen LogP contribution < -0.4 is 11.1 Å². The molecule has 4 aromatic rings. The fourth-order valence-electron chi connectivity index (χ4n) is 3.76. The van der Waals surface area contributed by atoms with Crippen molar-refractivity contribution in [2.75, 3.05) is 5.32 Å². The summed E-state index contributed by atoms with van der Waals surface area (Å²) in [5.41, 5.74) is 6.13. The third kappa shape index (κ3) is 5.61. The molecule has 0 aliphatic heterocycles. The largest absolute Gasteiger partial charge is 0.385 e. The number of carbonyl (C=O) groups is 1. The highest BCUT2D eigenvalue weighted by Crippen LogP contribution is 2.40. The average molecular weight is 492 g/mol. The summed E-state index contributed by atoms with van der Waals surface area (Å²) in [6.07, 6.45) is 6.58. The molecule has 1 amide bonds. The van der Waals surface area contributed by atoms with Crippen molar-refractivity contribution in [1.29, 1.82) is 0 Å². The van der Waals surface area contributed by atoms with Gasteiger partial charge in [-0.15, -0.1) is 0 Å². The summed E-state index contributed by atoms with van der Waals surface area (Å²) in [6, 6.07) is 17.0. The van der Waals surface area contributed by atoms with E-state index in [9.17, 15) is 9.90 Å². The predicted molar refractivity (Wildman–Crippen MR) is 135 cm³/mol. The van der Waals surface area contributed by atoms with Crippen LogP contribution in [0.1, 0.15) is 41.4 Å². The second-order valence-corrected chi connectivity index (χ2v) is 10.1. The Bertz CT molecular complexity index is 1250. The van der Waals surface area contributed by atoms with Crippen LogP contribution in [0.5, 0.6) is 0 Å². The number of nitrogens with two attached hydrogens (primary N) is 1. The van der Waals surface area contributed by atoms with Crippen LogP contribution in [0.3, 0.4) is 0 Å². The molecule has 0 aliphatic rings. The third-order valence-electron chi connectivity index (χ3n) is 5.29. The minimum Gasteiger partial charge on any atom is -0.385 e. The lowest BCUT2D eigenvalue weighted by Crippen LogP contribution is -2.30. The first-order valence-corrected chi connectivity index (χ1v) is 12.5. The second-order valence-electron chi connectivity index (χ2n) is 7.75. The number of nitrogens with one attached hydrogen (secondary N) is 1. The molecule has 0 saturated heterocycles. The van der Waals surface area contributed by atoms with Gasteiger partial charge in [0.25, 0.3) is 5.91 Å². The summed E-state index contributed by atoms with van der Waals surface area (Å²) < 4.78 is 0.917. The van der Waals surface area contributed by atoms with Crippen LogP contribution >= 0.6 is 23.1 Å². The number of aliphatic hydroxyl groups is 1. The normalized spacial score (nSPS) is 12.8. The van der Waals surface area contributed by atoms with E-state index in [1.54, 1.807) is 18.6 Å². The van der Waals surface area contributed by atoms with Crippen LogP contribution in [0, 0.1) is 0 Å². The van der Waals surface area contributed by atoms with Crippen LogP contribution in [0.4, 0.5) is 10.9 Å². The number of primary amides is 1. The van der Waals surface area contributed by atoms with E-state index in [2.05, 4.69) is 20.3 Å². The van der Waals surface area contributed by atoms with Gasteiger partial charge in [-0.25, -0.2) is 9.97 Å². The summed E-state index contributed by atoms with van der Waals surface area (Å²) in [5, 5.41) is 15.6. The molecule has 9 heteroatoms. The van der Waals surface area contributed by atoms with Gasteiger partial charge in [-0.1, -0.05) is 72.8 Å². The number of benzene rings is 1. The monoisotopic (exact) mass is 491 g/mol. The number of carbonyl (C=O) groups excluding carboxylic acids is 1. The van der Waals surface area contributed by atoms with Crippen LogP contribution in [0.2, 0.25) is 0 Å². The van der Waals surface area contributed by atoms with Crippen LogP contribution in [0.15, 0.2) is 82.3 Å². The van der Waals surface area contributed by atoms with Gasteiger partial charge in [-0.3, -0.25) is 9.78 Å². The average Bonchev–Trinajstić information content (AvgIpc) is 3.28. The van der Waals surface area contributed by atoms with Crippen molar-refractivity contribution in [1.82, 2.24) is 15.0 Å². The van der Waals surface area contributed by atoms with Gasteiger partial charge in [0.2, 0.25) is 0 Å². The molecule has 0 unspecified atom stereocenters. The number of nitrogens with zero attached hydrogens (tertiary/aromatic N) is 3. The molecule has 0 bridgehead atoms. The van der Waals surface area contributed by atoms with E-state index in [0.29, 0.717) is 22.9 Å². The molecule has 0 spiro atoms. The molecular formula is C25H25N5O2S2. The standard InChI is InChI=1S/C25H25N5O2S2/c1-2-12-25(32,17-8-4-3-5-9-17)15-18-19(11-14-28-22(18)23(26)31)33-21-16-29-24(34-21)30-20-10-6-7-13-27-20/h3-11,13-14,16,32H,2,12,15H2,1H3,(H2,26,31)(H,27,29,30)/t25-/m1/s1. The Labute approximate surface area is 206 Å². The Morgan fingerprint density at radius 1 is 1.09 bits per heavy atom. The molecule has 1 aromatic carbocycles. The smallest absolute Gasteiger partial charge is 0.267 e. The molecular weight excluding hydrogens is 466 g/mol. The molecule has 0 fully saturated rings. The van der Waals surface area contributed by atoms with E-state index in [4.69, 9.17) is 5.73 Å². The molecule has 3 heterocycles. The molecule has 0 radical (unpaired) electrons. The van der Waals surface area contributed by atoms with Crippen LogP contribution in [-0.2, 0) is 12.0 Å². The molecule has 3 aromatic heterocycles. The van der Waals surface area contributed by atoms with Gasteiger partial charge >= 0.3 is 0 Å². The van der Waals surface area contributed by atoms with Crippen molar-refractivity contribution in [3.05, 3.63) is 90.0 Å². The number of rotatable bonds is 10. The molecule has 7 nitrogen and oxygen atoms in total. The van der Waals surface area contributed by atoms with Crippen molar-refractivity contribution >= 4 is 40.0 Å². The number of pyridine rings is 2. The highest BCUT2D eigenvalue weighted by molar-refractivity contribution is 8.01. The number of aromatic nitrogens is 3. The lowest BCUT2D eigenvalue weighted by atomic mass is 9.83. The quantitative estimate of drug-likeness (QED) is 0.281. The van der Waals surface area contributed by atoms with Crippen LogP contribution in [0.25, 0.3) is 0 Å². The number of amides is 1. The molecule has 4 N–H and O–H groups in total. The summed E-state index contributed by atoms with van der Waals surface area (Å²) >= 11 is 2.94. The Hall–Kier alpha value is -3.27. The number of hydrogen-bond acceptors (Lipinski definition) is 8. The zero-order valence-corrected chi connectivity index (χ0v) is 20.3. The molecule has 1 atom stereocenters. The van der Waals surface area contributed by atoms with Gasteiger partial charge in [0, 0.05) is 29.3 Å². The van der Waals surface area contributed by atoms with E-state index in [0.717, 1.165) is 21.1 Å². The van der Waals surface area contributed by atoms with Crippen molar-refractivity contribution in [3.8, 4) is 0 Å². The fourth-order valence-corrected chi connectivity index (χ4v) is 5.73. The summed E-state index contributed by atoms with van der Waals surface area (Å²) in [6.45, 7) is 2.02. The maximum atomic E-state index is 12.3. The highest BCUT2D eigenvalue weighted by atomic mass is 32.2. The van der Waals surface area contributed by atoms with E-state index in [-0.39, 0.29) is 12.1 Å². The van der Waals surface area contributed by atoms with Crippen molar-refractivity contribution < 1.29 is 9.90 Å². The van der Waals surface area contributed by atoms with Crippen molar-refractivity contribution in [3.63, 3.8) is 0 Å². The first-order valence-electron chi connectivity index (χ1n) is 10.9. The second kappa shape index (κ2) is 10.8. The maximum Gasteiger partial charge on any atom is 0.267 e. The zero-order chi connectivity index (χ0) is 24.0. The Balaban J connectivity index is 1.65. The highest BCUT2D eigenvalue weighted by Gasteiger charge is 2.32. The Morgan fingerprint density at radius 2 is 1.88 bits per heavy atom. The van der Waals surface area contributed by atoms with Crippen LogP contribution in [-0.4, -0.2) is 26.0 Å². The first kappa shape index (κ1) is 23.9. The van der Waals surface area contributed by atoms with Gasteiger partial charge in [0.1, 0.15) is 11.5 Å². The van der Waals surface area contributed by atoms with E-state index >= 15 is 0 Å². The Kier molecular flexibility index (Phi) is 7.56. The fraction of sp³-hybridized carbons (Fsp3) is 0.200. The lowest BCUT2D eigenvalue weighted by molar-refractivity contribution is 0.0261. The van der Waals surface area contributed by atoms with Crippen molar-refractivity contribution in [2.45, 2.75) is 40.9 Å². The SMILES string of the molecule is CCC[C@@](O)(Cc1c(Sc2cnc(Nc3ccccn3)s2)ccnc1C(N)=O)c1ccccc1. The van der Waals surface area contributed by atoms with Gasteiger partial charge in [-0.2, -0.15) is 0 Å². The zero-order valence-electron chi connectivity index (χ0n) is 18.6. The first-order chi connectivity index (χ1) is 16.5. The molecule has 4 rings (SSSR count). The molecule has 0 saturated carbocycles. The summed E-state index contributed by atoms with van der Waals surface area (Å²) in [5.74, 6) is 0.0904. The molecule has 0 aliphatic carbocycles. The maximum absolute atomic E-state index is 12.3. The lowest BCUT2D eigenvalue weighted by Gasteiger charge is -2.30. The molecule has 174 valence electrons. The van der Waals surface area contributed by atoms with Gasteiger partial charge in [0.15, 0.2) is 5.13 Å². The predicted octanol–water partition coefficient (Wildman–Crippen LogP) is 5.16. The van der Waals surface area contributed by atoms with E-state index in [1.165, 1.54) is 23.1 Å². The van der Waals surface area contributed by atoms with E-state index in [1.807, 2.05) is 61.5 Å². The number of anilines is 2. The summed E-state index contributed by atoms with van der Waals surface area (Å²) in [4.78, 5) is 26.0. The third-order valence-corrected chi connectivity index (χ3v) is 7.40. The summed E-state index contributed by atoms with van der Waals surface area (Å²) in [7, 11) is 0. The number of thiazole rings is 1. The Morgan fingerprint density at radius 3 is 2.59 bits per heavy atom. The van der Waals surface area contributed by atoms with Gasteiger partial charge < -0.3 is 16.2 Å². The topological polar surface area (TPSA) is 114 Å². The van der Waals surface area contributed by atoms with Gasteiger partial charge in [-0.05, 0) is 30.2 Å². The molecule has 34 heavy (non-hydrogen) atoms. The minimum atomic E-state index is -1.15. The minimum absolute atomic E-state index is 0.173. The van der Waals surface area contributed by atoms with Crippen molar-refractivity contribution in [2.24, 2.45) is 5.73 Å².